The minimum atomic E-state index is -0.0206. The zero-order valence-corrected chi connectivity index (χ0v) is 12.9. The highest BCUT2D eigenvalue weighted by Gasteiger charge is 2.25. The van der Waals surface area contributed by atoms with E-state index < -0.39 is 0 Å². The summed E-state index contributed by atoms with van der Waals surface area (Å²) in [4.78, 5) is 18.8. The number of carbonyl (C=O) groups is 1. The Labute approximate surface area is 126 Å². The number of para-hydroxylation sites is 1. The first kappa shape index (κ1) is 13.3. The summed E-state index contributed by atoms with van der Waals surface area (Å²) in [7, 11) is 0. The van der Waals surface area contributed by atoms with Crippen molar-refractivity contribution in [1.29, 1.82) is 0 Å². The molecule has 3 nitrogen and oxygen atoms in total. The quantitative estimate of drug-likeness (QED) is 0.797. The second kappa shape index (κ2) is 5.37. The molecule has 20 heavy (non-hydrogen) atoms. The lowest BCUT2D eigenvalue weighted by molar-refractivity contribution is 0.0980. The maximum atomic E-state index is 12.7. The number of anilines is 1. The molecular weight excluding hydrogens is 316 g/mol. The van der Waals surface area contributed by atoms with Gasteiger partial charge in [-0.2, -0.15) is 0 Å². The molecule has 1 aromatic heterocycles. The average Bonchev–Trinajstić information content (AvgIpc) is 2.47. The zero-order valence-electron chi connectivity index (χ0n) is 11.3. The van der Waals surface area contributed by atoms with Crippen molar-refractivity contribution in [2.24, 2.45) is 0 Å². The monoisotopic (exact) mass is 330 g/mol. The fraction of sp³-hybridized carbons (Fsp3) is 0.250. The van der Waals surface area contributed by atoms with Gasteiger partial charge in [0.2, 0.25) is 0 Å². The van der Waals surface area contributed by atoms with E-state index in [1.54, 1.807) is 12.3 Å². The van der Waals surface area contributed by atoms with Crippen LogP contribution in [0.15, 0.2) is 41.0 Å². The molecule has 0 bridgehead atoms. The summed E-state index contributed by atoms with van der Waals surface area (Å²) in [5.74, 6) is -0.0206. The van der Waals surface area contributed by atoms with E-state index in [4.69, 9.17) is 0 Å². The number of hydrogen-bond acceptors (Lipinski definition) is 2. The number of aromatic nitrogens is 1. The third-order valence-electron chi connectivity index (χ3n) is 3.61. The van der Waals surface area contributed by atoms with Crippen molar-refractivity contribution in [2.45, 2.75) is 19.8 Å². The number of amides is 1. The summed E-state index contributed by atoms with van der Waals surface area (Å²) in [6.45, 7) is 2.81. The van der Waals surface area contributed by atoms with Crippen LogP contribution in [0.2, 0.25) is 0 Å². The molecule has 2 aromatic rings. The number of fused-ring (bicyclic) bond motifs is 1. The van der Waals surface area contributed by atoms with Crippen molar-refractivity contribution in [1.82, 2.24) is 4.98 Å². The fourth-order valence-electron chi connectivity index (χ4n) is 2.69. The van der Waals surface area contributed by atoms with Gasteiger partial charge in [-0.1, -0.05) is 18.2 Å². The highest BCUT2D eigenvalue weighted by atomic mass is 79.9. The Kier molecular flexibility index (Phi) is 3.57. The molecule has 2 heterocycles. The van der Waals surface area contributed by atoms with Crippen molar-refractivity contribution >= 4 is 27.5 Å². The summed E-state index contributed by atoms with van der Waals surface area (Å²) in [6.07, 6.45) is 3.70. The van der Waals surface area contributed by atoms with E-state index in [1.165, 1.54) is 5.56 Å². The highest BCUT2D eigenvalue weighted by Crippen LogP contribution is 2.31. The summed E-state index contributed by atoms with van der Waals surface area (Å²) in [5.41, 5.74) is 3.95. The van der Waals surface area contributed by atoms with Gasteiger partial charge in [-0.3, -0.25) is 4.79 Å². The Morgan fingerprint density at radius 3 is 2.90 bits per heavy atom. The number of pyridine rings is 1. The second-order valence-corrected chi connectivity index (χ2v) is 5.92. The van der Waals surface area contributed by atoms with Gasteiger partial charge in [0.05, 0.1) is 5.69 Å². The molecular formula is C16H15BrN2O. The van der Waals surface area contributed by atoms with Gasteiger partial charge in [-0.15, -0.1) is 0 Å². The van der Waals surface area contributed by atoms with Gasteiger partial charge in [0.25, 0.3) is 5.91 Å². The van der Waals surface area contributed by atoms with Gasteiger partial charge in [0.15, 0.2) is 0 Å². The molecule has 0 saturated heterocycles. The fourth-order valence-corrected chi connectivity index (χ4v) is 2.93. The molecule has 0 spiro atoms. The summed E-state index contributed by atoms with van der Waals surface area (Å²) >= 11 is 3.34. The van der Waals surface area contributed by atoms with E-state index in [9.17, 15) is 4.79 Å². The molecule has 0 fully saturated rings. The van der Waals surface area contributed by atoms with Gasteiger partial charge in [0, 0.05) is 17.2 Å². The highest BCUT2D eigenvalue weighted by molar-refractivity contribution is 9.10. The lowest BCUT2D eigenvalue weighted by Gasteiger charge is -2.30. The molecule has 0 atom stereocenters. The first-order chi connectivity index (χ1) is 9.66. The average molecular weight is 331 g/mol. The first-order valence-electron chi connectivity index (χ1n) is 6.69. The Hall–Kier alpha value is -1.68. The summed E-state index contributed by atoms with van der Waals surface area (Å²) < 4.78 is 0.879. The van der Waals surface area contributed by atoms with Gasteiger partial charge in [0.1, 0.15) is 5.69 Å². The zero-order chi connectivity index (χ0) is 14.1. The summed E-state index contributed by atoms with van der Waals surface area (Å²) in [5, 5.41) is 0. The van der Waals surface area contributed by atoms with Crippen LogP contribution in [0.1, 0.15) is 28.0 Å². The van der Waals surface area contributed by atoms with Crippen LogP contribution in [-0.2, 0) is 6.42 Å². The van der Waals surface area contributed by atoms with Gasteiger partial charge < -0.3 is 4.90 Å². The second-order valence-electron chi connectivity index (χ2n) is 5.00. The Bertz CT molecular complexity index is 652. The van der Waals surface area contributed by atoms with Crippen LogP contribution in [-0.4, -0.2) is 17.4 Å². The Morgan fingerprint density at radius 1 is 1.30 bits per heavy atom. The third kappa shape index (κ3) is 2.36. The molecule has 0 radical (unpaired) electrons. The largest absolute Gasteiger partial charge is 0.306 e. The molecule has 1 aliphatic heterocycles. The molecule has 0 saturated carbocycles. The first-order valence-corrected chi connectivity index (χ1v) is 7.48. The van der Waals surface area contributed by atoms with Crippen molar-refractivity contribution in [2.75, 3.05) is 11.4 Å². The number of hydrogen-bond donors (Lipinski definition) is 0. The summed E-state index contributed by atoms with van der Waals surface area (Å²) in [6, 6.07) is 9.83. The smallest absolute Gasteiger partial charge is 0.276 e. The van der Waals surface area contributed by atoms with Crippen LogP contribution in [0.3, 0.4) is 0 Å². The predicted molar refractivity (Wildman–Crippen MR) is 83.1 cm³/mol. The number of benzene rings is 1. The standard InChI is InChI=1S/C16H15BrN2O/c1-11-4-2-5-12-6-3-9-19(15(11)12)16(20)14-8-7-13(17)10-18-14/h2,4-5,7-8,10H,3,6,9H2,1H3. The molecule has 4 heteroatoms. The number of aryl methyl sites for hydroxylation is 2. The van der Waals surface area contributed by atoms with Crippen LogP contribution < -0.4 is 4.90 Å². The number of nitrogens with zero attached hydrogens (tertiary/aromatic N) is 2. The van der Waals surface area contributed by atoms with Crippen LogP contribution in [0.25, 0.3) is 0 Å². The Morgan fingerprint density at radius 2 is 2.15 bits per heavy atom. The minimum Gasteiger partial charge on any atom is -0.306 e. The SMILES string of the molecule is Cc1cccc2c1N(C(=O)c1ccc(Br)cn1)CCC2. The van der Waals surface area contributed by atoms with Crippen LogP contribution in [0.5, 0.6) is 0 Å². The lowest BCUT2D eigenvalue weighted by Crippen LogP contribution is -2.36. The van der Waals surface area contributed by atoms with Crippen LogP contribution in [0, 0.1) is 6.92 Å². The molecule has 102 valence electrons. The number of rotatable bonds is 1. The lowest BCUT2D eigenvalue weighted by atomic mass is 9.98. The third-order valence-corrected chi connectivity index (χ3v) is 4.08. The normalized spacial score (nSPS) is 14.0. The van der Waals surface area contributed by atoms with E-state index in [1.807, 2.05) is 11.0 Å². The van der Waals surface area contributed by atoms with Crippen molar-refractivity contribution in [3.05, 3.63) is 57.8 Å². The van der Waals surface area contributed by atoms with Crippen molar-refractivity contribution < 1.29 is 4.79 Å². The molecule has 1 aromatic carbocycles. The van der Waals surface area contributed by atoms with E-state index in [0.717, 1.165) is 35.1 Å². The van der Waals surface area contributed by atoms with Crippen molar-refractivity contribution in [3.63, 3.8) is 0 Å². The van der Waals surface area contributed by atoms with Crippen LogP contribution >= 0.6 is 15.9 Å². The van der Waals surface area contributed by atoms with E-state index >= 15 is 0 Å². The van der Waals surface area contributed by atoms with Crippen LogP contribution in [0.4, 0.5) is 5.69 Å². The van der Waals surface area contributed by atoms with E-state index in [2.05, 4.69) is 46.0 Å². The van der Waals surface area contributed by atoms with E-state index in [-0.39, 0.29) is 5.91 Å². The predicted octanol–water partition coefficient (Wildman–Crippen LogP) is 3.75. The molecule has 0 unspecified atom stereocenters. The van der Waals surface area contributed by atoms with Gasteiger partial charge in [-0.05, 0) is 59.0 Å². The minimum absolute atomic E-state index is 0.0206. The topological polar surface area (TPSA) is 33.2 Å². The molecule has 0 aliphatic carbocycles. The molecule has 1 aliphatic rings. The van der Waals surface area contributed by atoms with Gasteiger partial charge >= 0.3 is 0 Å². The van der Waals surface area contributed by atoms with Gasteiger partial charge in [-0.25, -0.2) is 4.98 Å². The Balaban J connectivity index is 2.00. The number of halogens is 1. The van der Waals surface area contributed by atoms with Crippen molar-refractivity contribution in [3.8, 4) is 0 Å². The maximum Gasteiger partial charge on any atom is 0.276 e. The molecule has 3 rings (SSSR count). The maximum absolute atomic E-state index is 12.7. The molecule has 1 amide bonds. The van der Waals surface area contributed by atoms with E-state index in [0.29, 0.717) is 5.69 Å². The molecule has 0 N–H and O–H groups in total. The number of carbonyl (C=O) groups excluding carboxylic acids is 1.